The number of anilines is 1. The van der Waals surface area contributed by atoms with E-state index < -0.39 is 29.9 Å². The second kappa shape index (κ2) is 6.46. The van der Waals surface area contributed by atoms with Gasteiger partial charge >= 0.3 is 6.18 Å². The van der Waals surface area contributed by atoms with E-state index in [2.05, 4.69) is 5.32 Å². The van der Waals surface area contributed by atoms with Crippen LogP contribution in [0.2, 0.25) is 0 Å². The van der Waals surface area contributed by atoms with Crippen LogP contribution in [0.4, 0.5) is 18.9 Å². The van der Waals surface area contributed by atoms with E-state index >= 15 is 0 Å². The molecule has 5 nitrogen and oxygen atoms in total. The van der Waals surface area contributed by atoms with E-state index in [4.69, 9.17) is 9.47 Å². The molecular formula is C17H12F3NO4. The first-order valence-electron chi connectivity index (χ1n) is 7.23. The molecule has 1 aliphatic heterocycles. The van der Waals surface area contributed by atoms with E-state index in [1.54, 1.807) is 0 Å². The van der Waals surface area contributed by atoms with E-state index in [1.165, 1.54) is 30.3 Å². The summed E-state index contributed by atoms with van der Waals surface area (Å²) in [6.45, 7) is -0.682. The summed E-state index contributed by atoms with van der Waals surface area (Å²) < 4.78 is 48.9. The van der Waals surface area contributed by atoms with E-state index in [9.17, 15) is 22.8 Å². The standard InChI is InChI=1S/C17H12F3NO4/c18-17(19,20)11-3-1-2-4-14(11)24-8-13(22)10-5-6-15-12(7-10)21-16(23)9-25-15/h1-7H,8-9H2,(H,21,23). The smallest absolute Gasteiger partial charge is 0.419 e. The fourth-order valence-electron chi connectivity index (χ4n) is 2.31. The number of ketones is 1. The van der Waals surface area contributed by atoms with Crippen LogP contribution in [-0.4, -0.2) is 24.9 Å². The fourth-order valence-corrected chi connectivity index (χ4v) is 2.31. The lowest BCUT2D eigenvalue weighted by molar-refractivity contribution is -0.138. The number of benzene rings is 2. The van der Waals surface area contributed by atoms with Crippen molar-refractivity contribution >= 4 is 17.4 Å². The molecule has 8 heteroatoms. The van der Waals surface area contributed by atoms with Gasteiger partial charge in [0.2, 0.25) is 0 Å². The van der Waals surface area contributed by atoms with Crippen molar-refractivity contribution in [1.29, 1.82) is 0 Å². The molecule has 1 amide bonds. The second-order valence-corrected chi connectivity index (χ2v) is 5.25. The molecule has 2 aromatic rings. The molecule has 1 heterocycles. The Morgan fingerprint density at radius 1 is 1.20 bits per heavy atom. The molecule has 130 valence electrons. The number of ether oxygens (including phenoxy) is 2. The van der Waals surface area contributed by atoms with E-state index in [0.717, 1.165) is 12.1 Å². The van der Waals surface area contributed by atoms with Gasteiger partial charge in [-0.25, -0.2) is 0 Å². The van der Waals surface area contributed by atoms with Crippen molar-refractivity contribution in [2.75, 3.05) is 18.5 Å². The van der Waals surface area contributed by atoms with Crippen LogP contribution in [0, 0.1) is 0 Å². The van der Waals surface area contributed by atoms with Crippen molar-refractivity contribution in [2.45, 2.75) is 6.18 Å². The first-order valence-corrected chi connectivity index (χ1v) is 7.23. The quantitative estimate of drug-likeness (QED) is 0.859. The SMILES string of the molecule is O=C1COc2ccc(C(=O)COc3ccccc3C(F)(F)F)cc2N1. The number of halogens is 3. The van der Waals surface area contributed by atoms with Crippen LogP contribution in [0.15, 0.2) is 42.5 Å². The molecule has 0 aromatic heterocycles. The average molecular weight is 351 g/mol. The Balaban J connectivity index is 1.74. The number of nitrogens with one attached hydrogen (secondary N) is 1. The molecule has 0 unspecified atom stereocenters. The van der Waals surface area contributed by atoms with E-state index in [-0.39, 0.29) is 18.1 Å². The molecule has 0 fully saturated rings. The van der Waals surface area contributed by atoms with E-state index in [0.29, 0.717) is 11.4 Å². The minimum Gasteiger partial charge on any atom is -0.485 e. The van der Waals surface area contributed by atoms with Crippen molar-refractivity contribution in [1.82, 2.24) is 0 Å². The summed E-state index contributed by atoms with van der Waals surface area (Å²) in [6.07, 6.45) is -4.58. The number of hydrogen-bond donors (Lipinski definition) is 1. The van der Waals surface area contributed by atoms with Crippen molar-refractivity contribution in [3.05, 3.63) is 53.6 Å². The maximum Gasteiger partial charge on any atom is 0.419 e. The monoisotopic (exact) mass is 351 g/mol. The molecule has 0 saturated carbocycles. The lowest BCUT2D eigenvalue weighted by Gasteiger charge is -2.18. The van der Waals surface area contributed by atoms with Gasteiger partial charge in [0.1, 0.15) is 11.5 Å². The van der Waals surface area contributed by atoms with Gasteiger partial charge in [0.25, 0.3) is 5.91 Å². The number of alkyl halides is 3. The van der Waals surface area contributed by atoms with Crippen molar-refractivity contribution < 1.29 is 32.2 Å². The number of para-hydroxylation sites is 1. The minimum absolute atomic E-state index is 0.113. The Morgan fingerprint density at radius 3 is 2.72 bits per heavy atom. The first kappa shape index (κ1) is 16.8. The zero-order valence-electron chi connectivity index (χ0n) is 12.7. The topological polar surface area (TPSA) is 64.6 Å². The van der Waals surface area contributed by atoms with Crippen LogP contribution in [0.3, 0.4) is 0 Å². The van der Waals surface area contributed by atoms with Crippen LogP contribution in [-0.2, 0) is 11.0 Å². The third kappa shape index (κ3) is 3.73. The highest BCUT2D eigenvalue weighted by Crippen LogP contribution is 2.36. The highest BCUT2D eigenvalue weighted by molar-refractivity contribution is 6.01. The van der Waals surface area contributed by atoms with Gasteiger partial charge in [0.05, 0.1) is 11.3 Å². The maximum atomic E-state index is 12.9. The molecule has 0 spiro atoms. The first-order chi connectivity index (χ1) is 11.8. The summed E-state index contributed by atoms with van der Waals surface area (Å²) in [5.41, 5.74) is -0.430. The zero-order chi connectivity index (χ0) is 18.0. The van der Waals surface area contributed by atoms with Gasteiger partial charge in [-0.2, -0.15) is 13.2 Å². The summed E-state index contributed by atoms with van der Waals surface area (Å²) in [5.74, 6) is -0.885. The highest BCUT2D eigenvalue weighted by atomic mass is 19.4. The number of fused-ring (bicyclic) bond motifs is 1. The lowest BCUT2D eigenvalue weighted by Crippen LogP contribution is -2.25. The molecule has 2 aromatic carbocycles. The van der Waals surface area contributed by atoms with Crippen LogP contribution in [0.5, 0.6) is 11.5 Å². The van der Waals surface area contributed by atoms with Crippen LogP contribution in [0.1, 0.15) is 15.9 Å². The number of Topliss-reactive ketones (excluding diaryl/α,β-unsaturated/α-hetero) is 1. The molecule has 0 saturated heterocycles. The normalized spacial score (nSPS) is 13.5. The lowest BCUT2D eigenvalue weighted by atomic mass is 10.1. The minimum atomic E-state index is -4.58. The Bertz CT molecular complexity index is 833. The summed E-state index contributed by atoms with van der Waals surface area (Å²) >= 11 is 0. The van der Waals surface area contributed by atoms with Crippen molar-refractivity contribution in [3.63, 3.8) is 0 Å². The predicted molar refractivity (Wildman–Crippen MR) is 81.8 cm³/mol. The van der Waals surface area contributed by atoms with Crippen molar-refractivity contribution in [3.8, 4) is 11.5 Å². The largest absolute Gasteiger partial charge is 0.485 e. The summed E-state index contributed by atoms with van der Waals surface area (Å²) in [4.78, 5) is 23.5. The van der Waals surface area contributed by atoms with Gasteiger partial charge < -0.3 is 14.8 Å². The third-order valence-corrected chi connectivity index (χ3v) is 3.49. The fraction of sp³-hybridized carbons (Fsp3) is 0.176. The van der Waals surface area contributed by atoms with Crippen LogP contribution >= 0.6 is 0 Å². The number of hydrogen-bond acceptors (Lipinski definition) is 4. The molecule has 1 aliphatic rings. The van der Waals surface area contributed by atoms with Gasteiger partial charge in [-0.05, 0) is 30.3 Å². The second-order valence-electron chi connectivity index (χ2n) is 5.25. The highest BCUT2D eigenvalue weighted by Gasteiger charge is 2.34. The number of rotatable bonds is 4. The van der Waals surface area contributed by atoms with Gasteiger partial charge in [-0.1, -0.05) is 12.1 Å². The van der Waals surface area contributed by atoms with Gasteiger partial charge in [-0.15, -0.1) is 0 Å². The van der Waals surface area contributed by atoms with Gasteiger partial charge in [0, 0.05) is 5.56 Å². The molecule has 0 aliphatic carbocycles. The molecule has 0 radical (unpaired) electrons. The molecular weight excluding hydrogens is 339 g/mol. The summed E-state index contributed by atoms with van der Waals surface area (Å²) in [5, 5.41) is 2.55. The molecule has 0 bridgehead atoms. The number of carbonyl (C=O) groups excluding carboxylic acids is 2. The van der Waals surface area contributed by atoms with E-state index in [1.807, 2.05) is 0 Å². The maximum absolute atomic E-state index is 12.9. The van der Waals surface area contributed by atoms with Crippen LogP contribution in [0.25, 0.3) is 0 Å². The average Bonchev–Trinajstić information content (AvgIpc) is 2.58. The Labute approximate surface area is 140 Å². The Kier molecular flexibility index (Phi) is 4.35. The van der Waals surface area contributed by atoms with Crippen molar-refractivity contribution in [2.24, 2.45) is 0 Å². The molecule has 0 atom stereocenters. The molecule has 1 N–H and O–H groups in total. The Hall–Kier alpha value is -3.03. The zero-order valence-corrected chi connectivity index (χ0v) is 12.7. The third-order valence-electron chi connectivity index (χ3n) is 3.49. The number of amides is 1. The number of carbonyl (C=O) groups is 2. The molecule has 25 heavy (non-hydrogen) atoms. The summed E-state index contributed by atoms with van der Waals surface area (Å²) in [7, 11) is 0. The van der Waals surface area contributed by atoms with Gasteiger partial charge in [-0.3, -0.25) is 9.59 Å². The molecule has 3 rings (SSSR count). The predicted octanol–water partition coefficient (Wildman–Crippen LogP) is 3.30. The summed E-state index contributed by atoms with van der Waals surface area (Å²) in [6, 6.07) is 9.02. The Morgan fingerprint density at radius 2 is 1.96 bits per heavy atom. The van der Waals surface area contributed by atoms with Gasteiger partial charge in [0.15, 0.2) is 19.0 Å². The van der Waals surface area contributed by atoms with Crippen LogP contribution < -0.4 is 14.8 Å².